The van der Waals surface area contributed by atoms with E-state index >= 15 is 0 Å². The predicted octanol–water partition coefficient (Wildman–Crippen LogP) is 4.77. The Morgan fingerprint density at radius 1 is 1.11 bits per heavy atom. The highest BCUT2D eigenvalue weighted by Gasteiger charge is 2.21. The van der Waals surface area contributed by atoms with Crippen molar-refractivity contribution >= 4 is 23.2 Å². The van der Waals surface area contributed by atoms with Crippen molar-refractivity contribution in [1.29, 1.82) is 0 Å². The lowest BCUT2D eigenvalue weighted by Gasteiger charge is -2.32. The van der Waals surface area contributed by atoms with E-state index in [2.05, 4.69) is 16.3 Å². The highest BCUT2D eigenvalue weighted by molar-refractivity contribution is 6.33. The Balaban J connectivity index is 1.25. The van der Waals surface area contributed by atoms with Gasteiger partial charge in [-0.05, 0) is 81.4 Å². The number of ether oxygens (including phenoxy) is 3. The van der Waals surface area contributed by atoms with Gasteiger partial charge in [-0.1, -0.05) is 23.7 Å². The summed E-state index contributed by atoms with van der Waals surface area (Å²) in [6, 6.07) is 11.2. The van der Waals surface area contributed by atoms with Crippen LogP contribution in [0.3, 0.4) is 0 Å². The second-order valence-corrected chi connectivity index (χ2v) is 9.44. The first-order chi connectivity index (χ1) is 17.0. The van der Waals surface area contributed by atoms with Crippen LogP contribution in [0.1, 0.15) is 48.0 Å². The van der Waals surface area contributed by atoms with E-state index in [4.69, 9.17) is 31.5 Å². The summed E-state index contributed by atoms with van der Waals surface area (Å²) in [6.45, 7) is 5.33. The first kappa shape index (κ1) is 27.1. The number of benzene rings is 2. The van der Waals surface area contributed by atoms with Crippen LogP contribution in [0.2, 0.25) is 5.02 Å². The topological polar surface area (TPSA) is 86.1 Å². The molecular formula is C27H38ClN3O4. The summed E-state index contributed by atoms with van der Waals surface area (Å²) in [5.74, 6) is 1.60. The fourth-order valence-corrected chi connectivity index (χ4v) is 4.49. The van der Waals surface area contributed by atoms with Gasteiger partial charge in [0.2, 0.25) is 0 Å². The second-order valence-electron chi connectivity index (χ2n) is 9.03. The van der Waals surface area contributed by atoms with Crippen LogP contribution < -0.4 is 20.5 Å². The van der Waals surface area contributed by atoms with Crippen molar-refractivity contribution < 1.29 is 19.0 Å². The van der Waals surface area contributed by atoms with Crippen molar-refractivity contribution in [3.8, 4) is 11.5 Å². The maximum Gasteiger partial charge on any atom is 0.255 e. The van der Waals surface area contributed by atoms with E-state index in [1.807, 2.05) is 18.2 Å². The van der Waals surface area contributed by atoms with E-state index in [0.29, 0.717) is 41.1 Å². The van der Waals surface area contributed by atoms with Crippen LogP contribution in [0.15, 0.2) is 36.4 Å². The number of hydrogen-bond donors (Lipinski definition) is 2. The standard InChI is InChI=1S/C27H38ClN3O4/c1-33-22-8-6-7-21(15-22)19-35-14-5-3-4-11-31-12-9-20(10-13-31)18-30-27(32)23-16-24(28)25(29)17-26(23)34-2/h6-8,15-17,20H,3-5,9-14,18-19,29H2,1-2H3,(H,30,32). The van der Waals surface area contributed by atoms with E-state index in [1.54, 1.807) is 19.2 Å². The summed E-state index contributed by atoms with van der Waals surface area (Å²) >= 11 is 6.09. The number of carbonyl (C=O) groups is 1. The molecule has 0 unspecified atom stereocenters. The Hall–Kier alpha value is -2.48. The van der Waals surface area contributed by atoms with Gasteiger partial charge >= 0.3 is 0 Å². The Bertz CT molecular complexity index is 948. The van der Waals surface area contributed by atoms with Crippen molar-refractivity contribution in [2.45, 2.75) is 38.7 Å². The SMILES string of the molecule is COc1cccc(COCCCCCN2CCC(CNC(=O)c3cc(Cl)c(N)cc3OC)CC2)c1. The molecule has 2 aromatic carbocycles. The van der Waals surface area contributed by atoms with Crippen LogP contribution in [0.25, 0.3) is 0 Å². The first-order valence-corrected chi connectivity index (χ1v) is 12.7. The van der Waals surface area contributed by atoms with E-state index < -0.39 is 0 Å². The molecule has 7 nitrogen and oxygen atoms in total. The number of carbonyl (C=O) groups excluding carboxylic acids is 1. The van der Waals surface area contributed by atoms with Crippen LogP contribution in [0.5, 0.6) is 11.5 Å². The maximum absolute atomic E-state index is 12.6. The average Bonchev–Trinajstić information content (AvgIpc) is 2.88. The largest absolute Gasteiger partial charge is 0.497 e. The highest BCUT2D eigenvalue weighted by atomic mass is 35.5. The zero-order valence-electron chi connectivity index (χ0n) is 20.9. The molecule has 8 heteroatoms. The quantitative estimate of drug-likeness (QED) is 0.302. The van der Waals surface area contributed by atoms with Gasteiger partial charge in [0.1, 0.15) is 11.5 Å². The molecular weight excluding hydrogens is 466 g/mol. The Kier molecular flexibility index (Phi) is 11.0. The summed E-state index contributed by atoms with van der Waals surface area (Å²) in [7, 11) is 3.20. The second kappa shape index (κ2) is 14.2. The zero-order chi connectivity index (χ0) is 25.0. The molecule has 0 atom stereocenters. The number of methoxy groups -OCH3 is 2. The average molecular weight is 504 g/mol. The third-order valence-electron chi connectivity index (χ3n) is 6.49. The van der Waals surface area contributed by atoms with Crippen molar-refractivity contribution in [3.05, 3.63) is 52.5 Å². The molecule has 3 rings (SSSR count). The van der Waals surface area contributed by atoms with Gasteiger partial charge in [0.25, 0.3) is 5.91 Å². The van der Waals surface area contributed by atoms with Gasteiger partial charge in [0.05, 0.1) is 37.1 Å². The van der Waals surface area contributed by atoms with Gasteiger partial charge in [-0.3, -0.25) is 4.79 Å². The molecule has 1 saturated heterocycles. The number of halogens is 1. The Morgan fingerprint density at radius 2 is 1.91 bits per heavy atom. The Labute approximate surface area is 213 Å². The van der Waals surface area contributed by atoms with Gasteiger partial charge < -0.3 is 30.2 Å². The highest BCUT2D eigenvalue weighted by Crippen LogP contribution is 2.29. The fourth-order valence-electron chi connectivity index (χ4n) is 4.33. The number of nitrogens with one attached hydrogen (secondary N) is 1. The van der Waals surface area contributed by atoms with Crippen LogP contribution in [-0.2, 0) is 11.3 Å². The number of anilines is 1. The number of nitrogens with zero attached hydrogens (tertiary/aromatic N) is 1. The summed E-state index contributed by atoms with van der Waals surface area (Å²) in [4.78, 5) is 15.2. The number of rotatable bonds is 13. The van der Waals surface area contributed by atoms with Crippen molar-refractivity contribution in [1.82, 2.24) is 10.2 Å². The third kappa shape index (κ3) is 8.60. The van der Waals surface area contributed by atoms with Gasteiger partial charge in [0, 0.05) is 19.2 Å². The minimum absolute atomic E-state index is 0.181. The normalized spacial score (nSPS) is 14.6. The predicted molar refractivity (Wildman–Crippen MR) is 140 cm³/mol. The van der Waals surface area contributed by atoms with Gasteiger partial charge in [-0.25, -0.2) is 0 Å². The lowest BCUT2D eigenvalue weighted by molar-refractivity contribution is 0.0932. The molecule has 1 fully saturated rings. The molecule has 1 heterocycles. The fraction of sp³-hybridized carbons (Fsp3) is 0.519. The number of nitrogen functional groups attached to an aromatic ring is 1. The Morgan fingerprint density at radius 3 is 2.66 bits per heavy atom. The van der Waals surface area contributed by atoms with E-state index in [-0.39, 0.29) is 5.91 Å². The summed E-state index contributed by atoms with van der Waals surface area (Å²) < 4.78 is 16.3. The molecule has 1 amide bonds. The van der Waals surface area contributed by atoms with E-state index in [0.717, 1.165) is 56.8 Å². The molecule has 1 aliphatic rings. The molecule has 1 aliphatic heterocycles. The van der Waals surface area contributed by atoms with Crippen LogP contribution in [0.4, 0.5) is 5.69 Å². The molecule has 0 aliphatic carbocycles. The number of piperidine rings is 1. The van der Waals surface area contributed by atoms with Crippen LogP contribution >= 0.6 is 11.6 Å². The van der Waals surface area contributed by atoms with Crippen molar-refractivity contribution in [3.63, 3.8) is 0 Å². The summed E-state index contributed by atoms with van der Waals surface area (Å²) in [5.41, 5.74) is 7.76. The molecule has 0 spiro atoms. The third-order valence-corrected chi connectivity index (χ3v) is 6.82. The maximum atomic E-state index is 12.6. The van der Waals surface area contributed by atoms with Gasteiger partial charge in [-0.15, -0.1) is 0 Å². The number of amides is 1. The number of unbranched alkanes of at least 4 members (excludes halogenated alkanes) is 2. The molecule has 2 aromatic rings. The smallest absolute Gasteiger partial charge is 0.255 e. The van der Waals surface area contributed by atoms with Gasteiger partial charge in [-0.2, -0.15) is 0 Å². The summed E-state index contributed by atoms with van der Waals surface area (Å²) in [5, 5.41) is 3.39. The van der Waals surface area contributed by atoms with Crippen molar-refractivity contribution in [2.75, 3.05) is 52.7 Å². The minimum Gasteiger partial charge on any atom is -0.497 e. The first-order valence-electron chi connectivity index (χ1n) is 12.3. The number of hydrogen-bond acceptors (Lipinski definition) is 6. The molecule has 3 N–H and O–H groups in total. The van der Waals surface area contributed by atoms with Crippen molar-refractivity contribution in [2.24, 2.45) is 5.92 Å². The molecule has 0 aromatic heterocycles. The molecule has 0 saturated carbocycles. The molecule has 35 heavy (non-hydrogen) atoms. The van der Waals surface area contributed by atoms with Crippen LogP contribution in [0, 0.1) is 5.92 Å². The van der Waals surface area contributed by atoms with Gasteiger partial charge in [0.15, 0.2) is 0 Å². The monoisotopic (exact) mass is 503 g/mol. The van der Waals surface area contributed by atoms with E-state index in [1.165, 1.54) is 20.0 Å². The molecule has 0 bridgehead atoms. The lowest BCUT2D eigenvalue weighted by atomic mass is 9.96. The number of nitrogens with two attached hydrogens (primary N) is 1. The molecule has 0 radical (unpaired) electrons. The van der Waals surface area contributed by atoms with Crippen LogP contribution in [-0.4, -0.2) is 57.8 Å². The number of likely N-dealkylation sites (tertiary alicyclic amines) is 1. The van der Waals surface area contributed by atoms with E-state index in [9.17, 15) is 4.79 Å². The minimum atomic E-state index is -0.181. The zero-order valence-corrected chi connectivity index (χ0v) is 21.6. The summed E-state index contributed by atoms with van der Waals surface area (Å²) in [6.07, 6.45) is 5.60. The lowest BCUT2D eigenvalue weighted by Crippen LogP contribution is -2.39. The molecule has 192 valence electrons.